The maximum Gasteiger partial charge on any atom is 0.316 e. The predicted molar refractivity (Wildman–Crippen MR) is 153 cm³/mol. The highest BCUT2D eigenvalue weighted by Gasteiger charge is 2.25. The Bertz CT molecular complexity index is 1430. The van der Waals surface area contributed by atoms with Crippen molar-refractivity contribution >= 4 is 23.6 Å². The van der Waals surface area contributed by atoms with Gasteiger partial charge in [0.15, 0.2) is 0 Å². The van der Waals surface area contributed by atoms with Gasteiger partial charge in [-0.3, -0.25) is 19.2 Å². The Morgan fingerprint density at radius 2 is 0.619 bits per heavy atom. The highest BCUT2D eigenvalue weighted by atomic mass is 16.2. The molecule has 2 aromatic carbocycles. The predicted octanol–water partition coefficient (Wildman–Crippen LogP) is 1.37. The number of hydrogen-bond acceptors (Lipinski definition) is 4. The third-order valence-corrected chi connectivity index (χ3v) is 7.25. The van der Waals surface area contributed by atoms with Crippen molar-refractivity contribution in [1.82, 2.24) is 21.3 Å². The molecule has 4 aliphatic heterocycles. The minimum atomic E-state index is -0.303. The van der Waals surface area contributed by atoms with Gasteiger partial charge in [-0.05, 0) is 34.4 Å². The van der Waals surface area contributed by atoms with Crippen molar-refractivity contribution in [3.8, 4) is 0 Å². The van der Waals surface area contributed by atoms with E-state index in [1.807, 2.05) is 48.5 Å². The summed E-state index contributed by atoms with van der Waals surface area (Å²) in [5.74, 6) is -1.21. The number of nitrogens with one attached hydrogen (secondary N) is 4. The van der Waals surface area contributed by atoms with Gasteiger partial charge < -0.3 is 21.3 Å². The summed E-state index contributed by atoms with van der Waals surface area (Å²) in [6.07, 6.45) is 0. The zero-order chi connectivity index (χ0) is 29.6. The summed E-state index contributed by atoms with van der Waals surface area (Å²) in [6, 6.07) is 25.1. The first-order chi connectivity index (χ1) is 20.3. The molecule has 0 atom stereocenters. The first-order valence-corrected chi connectivity index (χ1v) is 13.6. The third kappa shape index (κ3) is 6.33. The van der Waals surface area contributed by atoms with E-state index < -0.39 is 0 Å². The summed E-state index contributed by atoms with van der Waals surface area (Å²) in [4.78, 5) is 51.9. The van der Waals surface area contributed by atoms with Gasteiger partial charge in [0, 0.05) is 50.4 Å². The van der Waals surface area contributed by atoms with E-state index in [1.54, 1.807) is 59.6 Å². The van der Waals surface area contributed by atoms with Gasteiger partial charge in [-0.15, -0.1) is 0 Å². The summed E-state index contributed by atoms with van der Waals surface area (Å²) in [5.41, 5.74) is 4.94. The van der Waals surface area contributed by atoms with Crippen molar-refractivity contribution in [2.45, 2.75) is 26.2 Å². The Kier molecular flexibility index (Phi) is 8.33. The van der Waals surface area contributed by atoms with Gasteiger partial charge >= 0.3 is 23.6 Å². The molecule has 4 aliphatic rings. The minimum Gasteiger partial charge on any atom is -0.343 e. The summed E-state index contributed by atoms with van der Waals surface area (Å²) in [7, 11) is 3.36. The van der Waals surface area contributed by atoms with Crippen molar-refractivity contribution in [1.29, 1.82) is 0 Å². The number of carbonyl (C=O) groups excluding carboxylic acids is 4. The van der Waals surface area contributed by atoms with E-state index in [0.29, 0.717) is 49.0 Å². The van der Waals surface area contributed by atoms with E-state index in [9.17, 15) is 19.2 Å². The van der Waals surface area contributed by atoms with Crippen LogP contribution in [0, 0.1) is 0 Å². The molecule has 0 fully saturated rings. The van der Waals surface area contributed by atoms with Gasteiger partial charge in [-0.25, -0.2) is 0 Å². The number of carbonyl (C=O) groups is 4. The summed E-state index contributed by atoms with van der Waals surface area (Å²) < 4.78 is 3.14. The second-order valence-corrected chi connectivity index (χ2v) is 10.1. The molecule has 0 radical (unpaired) electrons. The van der Waals surface area contributed by atoms with Crippen LogP contribution in [0.4, 0.5) is 0 Å². The lowest BCUT2D eigenvalue weighted by Crippen LogP contribution is -2.47. The smallest absolute Gasteiger partial charge is 0.316 e. The Labute approximate surface area is 243 Å². The van der Waals surface area contributed by atoms with Crippen LogP contribution in [0.1, 0.15) is 64.2 Å². The quantitative estimate of drug-likeness (QED) is 0.241. The molecule has 10 nitrogen and oxygen atoms in total. The topological polar surface area (TPSA) is 124 Å². The SMILES string of the molecule is C[n+]1c2cccc1C(=O)NCc1ccc(cc1)CNC(=O)c1cccc([n+]1C)C(=O)NCc1ccc(cc1)CNC2=O. The molecule has 0 aliphatic carbocycles. The molecule has 10 heteroatoms. The number of benzene rings is 2. The number of amides is 4. The molecule has 0 unspecified atom stereocenters. The van der Waals surface area contributed by atoms with Crippen LogP contribution in [0.25, 0.3) is 0 Å². The first-order valence-electron chi connectivity index (χ1n) is 13.6. The van der Waals surface area contributed by atoms with Gasteiger partial charge in [-0.1, -0.05) is 48.5 Å². The van der Waals surface area contributed by atoms with E-state index in [-0.39, 0.29) is 23.6 Å². The van der Waals surface area contributed by atoms with Crippen LogP contribution in [0.2, 0.25) is 0 Å². The molecule has 6 heterocycles. The van der Waals surface area contributed by atoms with Crippen LogP contribution in [-0.4, -0.2) is 23.6 Å². The molecular weight excluding hydrogens is 532 g/mol. The number of pyridine rings is 2. The van der Waals surface area contributed by atoms with Crippen LogP contribution in [-0.2, 0) is 40.3 Å². The van der Waals surface area contributed by atoms with Gasteiger partial charge in [0.25, 0.3) is 22.8 Å². The van der Waals surface area contributed by atoms with Crippen LogP contribution in [0.3, 0.4) is 0 Å². The Morgan fingerprint density at radius 3 is 0.833 bits per heavy atom. The second-order valence-electron chi connectivity index (χ2n) is 10.1. The maximum atomic E-state index is 13.0. The highest BCUT2D eigenvalue weighted by molar-refractivity contribution is 5.94. The van der Waals surface area contributed by atoms with Crippen molar-refractivity contribution < 1.29 is 28.3 Å². The Hall–Kier alpha value is -5.38. The fraction of sp³-hybridized carbons (Fsp3) is 0.188. The standard InChI is InChI=1S/C32H30N6O4/c1-37-25-5-3-6-26(37)30(40)34-18-22-11-15-24(16-12-22)20-36-32(42)28-8-4-7-27(38(28)2)31(41)35-19-23-13-9-21(10-14-23)17-33-29(25)39/h3-16H,17-20H2,1-2H3,(H2-2,33,34,35,36,39,40,41,42)/p+2. The van der Waals surface area contributed by atoms with Gasteiger partial charge in [0.2, 0.25) is 0 Å². The van der Waals surface area contributed by atoms with E-state index in [0.717, 1.165) is 22.3 Å². The minimum absolute atomic E-state index is 0.294. The Morgan fingerprint density at radius 1 is 0.405 bits per heavy atom. The number of aromatic nitrogens is 2. The van der Waals surface area contributed by atoms with Crippen LogP contribution >= 0.6 is 0 Å². The van der Waals surface area contributed by atoms with Gasteiger partial charge in [0.05, 0.1) is 0 Å². The second kappa shape index (κ2) is 12.4. The summed E-state index contributed by atoms with van der Waals surface area (Å²) in [6.45, 7) is 1.18. The molecule has 8 bridgehead atoms. The molecular formula is C32H32N6O4+2. The Balaban J connectivity index is 1.40. The van der Waals surface area contributed by atoms with Crippen molar-refractivity contribution in [3.63, 3.8) is 0 Å². The molecule has 0 saturated heterocycles. The molecule has 0 spiro atoms. The molecule has 4 aromatic rings. The van der Waals surface area contributed by atoms with E-state index in [1.165, 1.54) is 0 Å². The lowest BCUT2D eigenvalue weighted by Gasteiger charge is -2.10. The van der Waals surface area contributed by atoms with Crippen LogP contribution < -0.4 is 30.4 Å². The number of nitrogens with zero attached hydrogens (tertiary/aromatic N) is 2. The highest BCUT2D eigenvalue weighted by Crippen LogP contribution is 2.08. The maximum absolute atomic E-state index is 13.0. The van der Waals surface area contributed by atoms with Crippen LogP contribution in [0.5, 0.6) is 0 Å². The van der Waals surface area contributed by atoms with Crippen molar-refractivity contribution in [2.75, 3.05) is 0 Å². The average Bonchev–Trinajstić information content (AvgIpc) is 3.01. The van der Waals surface area contributed by atoms with Crippen molar-refractivity contribution in [2.24, 2.45) is 14.1 Å². The molecule has 0 saturated carbocycles. The lowest BCUT2D eigenvalue weighted by molar-refractivity contribution is -0.675. The molecule has 4 N–H and O–H groups in total. The zero-order valence-corrected chi connectivity index (χ0v) is 23.4. The van der Waals surface area contributed by atoms with Crippen molar-refractivity contribution in [3.05, 3.63) is 130 Å². The normalized spacial score (nSPS) is 14.5. The lowest BCUT2D eigenvalue weighted by atomic mass is 10.1. The fourth-order valence-electron chi connectivity index (χ4n) is 4.72. The van der Waals surface area contributed by atoms with E-state index in [4.69, 9.17) is 0 Å². The average molecular weight is 565 g/mol. The fourth-order valence-corrected chi connectivity index (χ4v) is 4.72. The number of rotatable bonds is 0. The third-order valence-electron chi connectivity index (χ3n) is 7.25. The largest absolute Gasteiger partial charge is 0.343 e. The zero-order valence-electron chi connectivity index (χ0n) is 23.4. The van der Waals surface area contributed by atoms with Gasteiger partial charge in [-0.2, -0.15) is 9.13 Å². The molecule has 8 rings (SSSR count). The van der Waals surface area contributed by atoms with E-state index >= 15 is 0 Å². The molecule has 212 valence electrons. The molecule has 4 amide bonds. The summed E-state index contributed by atoms with van der Waals surface area (Å²) in [5, 5.41) is 11.6. The van der Waals surface area contributed by atoms with Gasteiger partial charge in [0.1, 0.15) is 14.1 Å². The first kappa shape index (κ1) is 28.2. The molecule has 42 heavy (non-hydrogen) atoms. The van der Waals surface area contributed by atoms with Crippen LogP contribution in [0.15, 0.2) is 84.9 Å². The van der Waals surface area contributed by atoms with E-state index in [2.05, 4.69) is 21.3 Å². The number of hydrogen-bond donors (Lipinski definition) is 4. The monoisotopic (exact) mass is 564 g/mol. The molecule has 2 aromatic heterocycles. The summed E-state index contributed by atoms with van der Waals surface area (Å²) >= 11 is 0.